The van der Waals surface area contributed by atoms with Crippen LogP contribution in [-0.4, -0.2) is 18.4 Å². The first-order valence-electron chi connectivity index (χ1n) is 7.10. The number of ketones is 1. The molecule has 18 heavy (non-hydrogen) atoms. The van der Waals surface area contributed by atoms with E-state index in [1.165, 1.54) is 29.0 Å². The van der Waals surface area contributed by atoms with E-state index in [0.29, 0.717) is 18.2 Å². The van der Waals surface area contributed by atoms with Crippen molar-refractivity contribution >= 4 is 17.1 Å². The van der Waals surface area contributed by atoms with Crippen molar-refractivity contribution in [3.8, 4) is 0 Å². The number of rotatable bonds is 6. The van der Waals surface area contributed by atoms with Crippen LogP contribution in [0.15, 0.2) is 12.1 Å². The predicted octanol–water partition coefficient (Wildman–Crippen LogP) is 3.34. The fraction of sp³-hybridized carbons (Fsp3) is 0.667. The van der Waals surface area contributed by atoms with Crippen molar-refractivity contribution in [2.75, 3.05) is 6.54 Å². The van der Waals surface area contributed by atoms with Crippen LogP contribution >= 0.6 is 11.3 Å². The summed E-state index contributed by atoms with van der Waals surface area (Å²) in [6, 6.07) is 4.84. The lowest BCUT2D eigenvalue weighted by atomic mass is 9.98. The molecule has 0 saturated carbocycles. The van der Waals surface area contributed by atoms with Gasteiger partial charge in [0.15, 0.2) is 0 Å². The molecule has 0 amide bonds. The number of piperidine rings is 1. The summed E-state index contributed by atoms with van der Waals surface area (Å²) in [4.78, 5) is 14.5. The molecule has 0 radical (unpaired) electrons. The molecule has 1 unspecified atom stereocenters. The molecule has 0 spiro atoms. The van der Waals surface area contributed by atoms with Gasteiger partial charge in [-0.3, -0.25) is 4.79 Å². The molecule has 0 aromatic carbocycles. The number of hydrogen-bond acceptors (Lipinski definition) is 3. The largest absolute Gasteiger partial charge is 0.314 e. The molecule has 2 heterocycles. The van der Waals surface area contributed by atoms with Crippen LogP contribution in [-0.2, 0) is 17.6 Å². The molecule has 1 aliphatic rings. The Labute approximate surface area is 114 Å². The molecule has 2 rings (SSSR count). The molecule has 1 aliphatic heterocycles. The second-order valence-corrected chi connectivity index (χ2v) is 6.38. The lowest BCUT2D eigenvalue weighted by molar-refractivity contribution is -0.118. The quantitative estimate of drug-likeness (QED) is 0.854. The number of carbonyl (C=O) groups excluding carboxylic acids is 1. The lowest BCUT2D eigenvalue weighted by Crippen LogP contribution is -2.34. The highest BCUT2D eigenvalue weighted by atomic mass is 32.1. The van der Waals surface area contributed by atoms with E-state index < -0.39 is 0 Å². The second kappa shape index (κ2) is 7.05. The highest BCUT2D eigenvalue weighted by Gasteiger charge is 2.14. The maximum atomic E-state index is 11.9. The molecule has 100 valence electrons. The molecule has 3 heteroatoms. The second-order valence-electron chi connectivity index (χ2n) is 5.12. The zero-order valence-corrected chi connectivity index (χ0v) is 12.0. The van der Waals surface area contributed by atoms with Gasteiger partial charge < -0.3 is 5.32 Å². The monoisotopic (exact) mass is 265 g/mol. The topological polar surface area (TPSA) is 29.1 Å². The summed E-state index contributed by atoms with van der Waals surface area (Å²) >= 11 is 1.79. The molecule has 1 fully saturated rings. The maximum absolute atomic E-state index is 11.9. The third kappa shape index (κ3) is 4.21. The van der Waals surface area contributed by atoms with Crippen LogP contribution in [0.3, 0.4) is 0 Å². The zero-order valence-electron chi connectivity index (χ0n) is 11.2. The fourth-order valence-corrected chi connectivity index (χ4v) is 3.48. The Morgan fingerprint density at radius 2 is 2.22 bits per heavy atom. The van der Waals surface area contributed by atoms with Gasteiger partial charge in [0, 0.05) is 28.6 Å². The minimum Gasteiger partial charge on any atom is -0.314 e. The minimum absolute atomic E-state index is 0.395. The first-order valence-corrected chi connectivity index (χ1v) is 7.92. The highest BCUT2D eigenvalue weighted by molar-refractivity contribution is 7.12. The summed E-state index contributed by atoms with van der Waals surface area (Å²) < 4.78 is 0. The number of nitrogens with one attached hydrogen (secondary N) is 1. The summed E-state index contributed by atoms with van der Waals surface area (Å²) in [6.07, 6.45) is 7.31. The van der Waals surface area contributed by atoms with Gasteiger partial charge in [0.05, 0.1) is 0 Å². The Bertz CT molecular complexity index is 380. The normalized spacial score (nSPS) is 19.9. The summed E-state index contributed by atoms with van der Waals surface area (Å²) in [7, 11) is 0. The van der Waals surface area contributed by atoms with Gasteiger partial charge in [-0.25, -0.2) is 0 Å². The van der Waals surface area contributed by atoms with Gasteiger partial charge in [0.2, 0.25) is 0 Å². The average Bonchev–Trinajstić information content (AvgIpc) is 2.85. The summed E-state index contributed by atoms with van der Waals surface area (Å²) in [5, 5.41) is 3.50. The van der Waals surface area contributed by atoms with Crippen LogP contribution in [0.25, 0.3) is 0 Å². The Kier molecular flexibility index (Phi) is 5.39. The van der Waals surface area contributed by atoms with E-state index >= 15 is 0 Å². The number of aryl methyl sites for hydroxylation is 1. The molecule has 0 aliphatic carbocycles. The number of Topliss-reactive ketones (excluding diaryl/α,β-unsaturated/α-hetero) is 1. The molecular formula is C15H23NOS. The van der Waals surface area contributed by atoms with Gasteiger partial charge in [-0.05, 0) is 44.4 Å². The van der Waals surface area contributed by atoms with Gasteiger partial charge in [0.25, 0.3) is 0 Å². The first-order chi connectivity index (χ1) is 8.78. The lowest BCUT2D eigenvalue weighted by Gasteiger charge is -2.22. The van der Waals surface area contributed by atoms with E-state index in [-0.39, 0.29) is 0 Å². The Hall–Kier alpha value is -0.670. The van der Waals surface area contributed by atoms with Crippen LogP contribution in [0.5, 0.6) is 0 Å². The zero-order chi connectivity index (χ0) is 12.8. The molecule has 1 saturated heterocycles. The van der Waals surface area contributed by atoms with Crippen molar-refractivity contribution in [3.63, 3.8) is 0 Å². The molecule has 1 atom stereocenters. The van der Waals surface area contributed by atoms with Crippen LogP contribution in [0.4, 0.5) is 0 Å². The van der Waals surface area contributed by atoms with Gasteiger partial charge >= 0.3 is 0 Å². The van der Waals surface area contributed by atoms with Gasteiger partial charge in [-0.15, -0.1) is 11.3 Å². The SMILES string of the molecule is CCc1ccc(CC(=O)CCC2CCCCN2)s1. The minimum atomic E-state index is 0.395. The molecule has 1 N–H and O–H groups in total. The van der Waals surface area contributed by atoms with Crippen LogP contribution in [0.1, 0.15) is 48.8 Å². The third-order valence-corrected chi connectivity index (χ3v) is 4.85. The van der Waals surface area contributed by atoms with Gasteiger partial charge in [0.1, 0.15) is 5.78 Å². The number of hydrogen-bond donors (Lipinski definition) is 1. The van der Waals surface area contributed by atoms with E-state index in [9.17, 15) is 4.79 Å². The van der Waals surface area contributed by atoms with Crippen molar-refractivity contribution < 1.29 is 4.79 Å². The number of carbonyl (C=O) groups is 1. The summed E-state index contributed by atoms with van der Waals surface area (Å²) in [5.74, 6) is 0.395. The van der Waals surface area contributed by atoms with Gasteiger partial charge in [-0.2, -0.15) is 0 Å². The molecule has 1 aromatic rings. The van der Waals surface area contributed by atoms with Crippen LogP contribution in [0, 0.1) is 0 Å². The van der Waals surface area contributed by atoms with E-state index in [0.717, 1.165) is 25.8 Å². The molecule has 2 nitrogen and oxygen atoms in total. The summed E-state index contributed by atoms with van der Waals surface area (Å²) in [6.45, 7) is 3.29. The van der Waals surface area contributed by atoms with Crippen molar-refractivity contribution in [3.05, 3.63) is 21.9 Å². The molecule has 0 bridgehead atoms. The Balaban J connectivity index is 1.71. The fourth-order valence-electron chi connectivity index (χ4n) is 2.50. The molecular weight excluding hydrogens is 242 g/mol. The average molecular weight is 265 g/mol. The van der Waals surface area contributed by atoms with Crippen LogP contribution < -0.4 is 5.32 Å². The molecule has 1 aromatic heterocycles. The van der Waals surface area contributed by atoms with E-state index in [2.05, 4.69) is 24.4 Å². The van der Waals surface area contributed by atoms with E-state index in [1.807, 2.05) is 0 Å². The Morgan fingerprint density at radius 1 is 1.39 bits per heavy atom. The van der Waals surface area contributed by atoms with E-state index in [1.54, 1.807) is 11.3 Å². The standard InChI is InChI=1S/C15H23NOS/c1-2-14-8-9-15(18-14)11-13(17)7-6-12-5-3-4-10-16-12/h8-9,12,16H,2-7,10-11H2,1H3. The number of thiophene rings is 1. The summed E-state index contributed by atoms with van der Waals surface area (Å²) in [5.41, 5.74) is 0. The highest BCUT2D eigenvalue weighted by Crippen LogP contribution is 2.19. The van der Waals surface area contributed by atoms with E-state index in [4.69, 9.17) is 0 Å². The van der Waals surface area contributed by atoms with Crippen molar-refractivity contribution in [1.82, 2.24) is 5.32 Å². The Morgan fingerprint density at radius 3 is 2.89 bits per heavy atom. The van der Waals surface area contributed by atoms with Crippen molar-refractivity contribution in [2.24, 2.45) is 0 Å². The smallest absolute Gasteiger partial charge is 0.138 e. The maximum Gasteiger partial charge on any atom is 0.138 e. The van der Waals surface area contributed by atoms with Gasteiger partial charge in [-0.1, -0.05) is 13.3 Å². The first kappa shape index (κ1) is 13.8. The third-order valence-electron chi connectivity index (χ3n) is 3.62. The predicted molar refractivity (Wildman–Crippen MR) is 77.3 cm³/mol. The van der Waals surface area contributed by atoms with Crippen LogP contribution in [0.2, 0.25) is 0 Å². The van der Waals surface area contributed by atoms with Crippen molar-refractivity contribution in [1.29, 1.82) is 0 Å². The van der Waals surface area contributed by atoms with Crippen molar-refractivity contribution in [2.45, 2.75) is 57.9 Å².